The summed E-state index contributed by atoms with van der Waals surface area (Å²) in [6.07, 6.45) is 1.66. The zero-order valence-corrected chi connectivity index (χ0v) is 17.2. The van der Waals surface area contributed by atoms with E-state index >= 15 is 0 Å². The van der Waals surface area contributed by atoms with Gasteiger partial charge in [0.25, 0.3) is 11.8 Å². The lowest BCUT2D eigenvalue weighted by atomic mass is 10.1. The lowest BCUT2D eigenvalue weighted by Crippen LogP contribution is -2.33. The third kappa shape index (κ3) is 4.61. The van der Waals surface area contributed by atoms with Gasteiger partial charge in [-0.1, -0.05) is 6.07 Å². The van der Waals surface area contributed by atoms with E-state index in [1.807, 2.05) is 6.07 Å². The van der Waals surface area contributed by atoms with Crippen molar-refractivity contribution in [2.75, 3.05) is 26.1 Å². The number of rotatable bonds is 8. The van der Waals surface area contributed by atoms with Gasteiger partial charge >= 0.3 is 0 Å². The van der Waals surface area contributed by atoms with Crippen LogP contribution < -0.4 is 19.9 Å². The van der Waals surface area contributed by atoms with E-state index in [1.54, 1.807) is 19.2 Å². The molecule has 0 bridgehead atoms. The summed E-state index contributed by atoms with van der Waals surface area (Å²) in [5, 5.41) is 7.90. The Bertz CT molecular complexity index is 1110. The molecule has 0 saturated carbocycles. The third-order valence-electron chi connectivity index (χ3n) is 4.54. The minimum absolute atomic E-state index is 0.0487. The van der Waals surface area contributed by atoms with Crippen molar-refractivity contribution in [1.29, 1.82) is 0 Å². The molecule has 0 fully saturated rings. The van der Waals surface area contributed by atoms with Crippen molar-refractivity contribution in [3.05, 3.63) is 59.8 Å². The molecule has 158 valence electrons. The average molecular weight is 431 g/mol. The topological polar surface area (TPSA) is 128 Å². The molecule has 2 aromatic carbocycles. The normalized spacial score (nSPS) is 14.0. The summed E-state index contributed by atoms with van der Waals surface area (Å²) in [6.45, 7) is 0.194. The Balaban J connectivity index is 1.65. The van der Waals surface area contributed by atoms with Crippen molar-refractivity contribution < 1.29 is 27.5 Å². The fourth-order valence-electron chi connectivity index (χ4n) is 2.97. The molecule has 3 rings (SSSR count). The second-order valence-electron chi connectivity index (χ2n) is 6.49. The Labute approximate surface area is 174 Å². The molecule has 0 radical (unpaired) electrons. The number of carbonyl (C=O) groups is 2. The van der Waals surface area contributed by atoms with Crippen LogP contribution in [0.25, 0.3) is 0 Å². The predicted octanol–water partition coefficient (Wildman–Crippen LogP) is 1.26. The molecule has 0 spiro atoms. The number of hydrogen-bond acceptors (Lipinski definition) is 7. The number of ether oxygens (including phenoxy) is 2. The molecule has 3 N–H and O–H groups in total. The number of anilines is 1. The molecule has 0 aliphatic carbocycles. The van der Waals surface area contributed by atoms with Gasteiger partial charge in [-0.25, -0.2) is 13.6 Å². The monoisotopic (exact) mass is 431 g/mol. The summed E-state index contributed by atoms with van der Waals surface area (Å²) in [5.74, 6) is 0.272. The van der Waals surface area contributed by atoms with Gasteiger partial charge in [-0.05, 0) is 48.4 Å². The first-order chi connectivity index (χ1) is 14.2. The third-order valence-corrected chi connectivity index (χ3v) is 5.47. The zero-order chi connectivity index (χ0) is 21.9. The van der Waals surface area contributed by atoms with Crippen LogP contribution in [0, 0.1) is 0 Å². The highest BCUT2D eigenvalue weighted by atomic mass is 32.2. The average Bonchev–Trinajstić information content (AvgIpc) is 2.98. The van der Waals surface area contributed by atoms with Crippen molar-refractivity contribution >= 4 is 27.5 Å². The highest BCUT2D eigenvalue weighted by Gasteiger charge is 2.30. The lowest BCUT2D eigenvalue weighted by molar-refractivity contribution is -0.137. The van der Waals surface area contributed by atoms with Crippen LogP contribution in [-0.4, -0.2) is 45.9 Å². The van der Waals surface area contributed by atoms with Crippen LogP contribution in [0.5, 0.6) is 11.5 Å². The number of nitrogens with two attached hydrogens (primary N) is 1. The minimum Gasteiger partial charge on any atom is -0.493 e. The summed E-state index contributed by atoms with van der Waals surface area (Å²) >= 11 is 0. The lowest BCUT2D eigenvalue weighted by Gasteiger charge is -2.16. The maximum Gasteiger partial charge on any atom is 0.277 e. The van der Waals surface area contributed by atoms with E-state index in [2.05, 4.69) is 5.32 Å². The first-order valence-corrected chi connectivity index (χ1v) is 10.5. The first kappa shape index (κ1) is 21.3. The van der Waals surface area contributed by atoms with Crippen LogP contribution in [0.4, 0.5) is 5.69 Å². The number of sulfonamides is 1. The standard InChI is InChI=1S/C20H21N3O6S/c1-28-17-8-3-13(11-18(17)29-2)9-10-23-19(24)12-16(20(23)25)22-14-4-6-15(7-5-14)30(21,26)27/h3-8,11-12,22H,9-10H2,1-2H3,(H2,21,26,27). The van der Waals surface area contributed by atoms with Gasteiger partial charge in [0.2, 0.25) is 10.0 Å². The van der Waals surface area contributed by atoms with Gasteiger partial charge in [0.15, 0.2) is 11.5 Å². The largest absolute Gasteiger partial charge is 0.493 e. The number of hydrogen-bond donors (Lipinski definition) is 2. The van der Waals surface area contributed by atoms with E-state index in [0.29, 0.717) is 23.6 Å². The number of carbonyl (C=O) groups excluding carboxylic acids is 2. The van der Waals surface area contributed by atoms with Gasteiger partial charge in [0.1, 0.15) is 5.70 Å². The summed E-state index contributed by atoms with van der Waals surface area (Å²) < 4.78 is 33.1. The smallest absolute Gasteiger partial charge is 0.277 e. The first-order valence-electron chi connectivity index (χ1n) is 8.91. The number of methoxy groups -OCH3 is 2. The van der Waals surface area contributed by atoms with Gasteiger partial charge in [0, 0.05) is 18.3 Å². The Morgan fingerprint density at radius 2 is 1.67 bits per heavy atom. The van der Waals surface area contributed by atoms with Gasteiger partial charge in [-0.15, -0.1) is 0 Å². The van der Waals surface area contributed by atoms with Crippen molar-refractivity contribution in [3.8, 4) is 11.5 Å². The second-order valence-corrected chi connectivity index (χ2v) is 8.05. The fraction of sp³-hybridized carbons (Fsp3) is 0.200. The molecule has 10 heteroatoms. The fourth-order valence-corrected chi connectivity index (χ4v) is 3.49. The van der Waals surface area contributed by atoms with Gasteiger partial charge in [-0.2, -0.15) is 0 Å². The van der Waals surface area contributed by atoms with Crippen LogP contribution in [0.2, 0.25) is 0 Å². The van der Waals surface area contributed by atoms with Crippen LogP contribution in [0.3, 0.4) is 0 Å². The van der Waals surface area contributed by atoms with E-state index in [9.17, 15) is 18.0 Å². The summed E-state index contributed by atoms with van der Waals surface area (Å²) in [5.41, 5.74) is 1.44. The summed E-state index contributed by atoms with van der Waals surface area (Å²) in [7, 11) is -0.729. The van der Waals surface area contributed by atoms with Crippen LogP contribution >= 0.6 is 0 Å². The van der Waals surface area contributed by atoms with Gasteiger partial charge in [-0.3, -0.25) is 14.5 Å². The molecular formula is C20H21N3O6S. The number of benzene rings is 2. The summed E-state index contributed by atoms with van der Waals surface area (Å²) in [4.78, 5) is 26.0. The molecular weight excluding hydrogens is 410 g/mol. The van der Waals surface area contributed by atoms with E-state index in [4.69, 9.17) is 14.6 Å². The van der Waals surface area contributed by atoms with Crippen LogP contribution in [0.15, 0.2) is 59.1 Å². The molecule has 0 saturated heterocycles. The van der Waals surface area contributed by atoms with Crippen molar-refractivity contribution in [1.82, 2.24) is 4.90 Å². The molecule has 2 aromatic rings. The van der Waals surface area contributed by atoms with E-state index < -0.39 is 21.8 Å². The number of imide groups is 1. The highest BCUT2D eigenvalue weighted by molar-refractivity contribution is 7.89. The Kier molecular flexibility index (Phi) is 6.09. The van der Waals surface area contributed by atoms with E-state index in [-0.39, 0.29) is 17.1 Å². The van der Waals surface area contributed by atoms with Gasteiger partial charge in [0.05, 0.1) is 19.1 Å². The van der Waals surface area contributed by atoms with E-state index in [0.717, 1.165) is 10.5 Å². The molecule has 1 heterocycles. The van der Waals surface area contributed by atoms with E-state index in [1.165, 1.54) is 37.5 Å². The quantitative estimate of drug-likeness (QED) is 0.602. The van der Waals surface area contributed by atoms with Crippen molar-refractivity contribution in [2.24, 2.45) is 5.14 Å². The molecule has 30 heavy (non-hydrogen) atoms. The number of primary sulfonamides is 1. The Hall–Kier alpha value is -3.37. The SMILES string of the molecule is COc1ccc(CCN2C(=O)C=C(Nc3ccc(S(N)(=O)=O)cc3)C2=O)cc1OC. The highest BCUT2D eigenvalue weighted by Crippen LogP contribution is 2.28. The number of amides is 2. The maximum atomic E-state index is 12.6. The molecule has 0 atom stereocenters. The Morgan fingerprint density at radius 1 is 1.00 bits per heavy atom. The molecule has 1 aliphatic rings. The minimum atomic E-state index is -3.81. The number of nitrogens with one attached hydrogen (secondary N) is 1. The Morgan fingerprint density at radius 3 is 2.27 bits per heavy atom. The van der Waals surface area contributed by atoms with Crippen molar-refractivity contribution in [3.63, 3.8) is 0 Å². The molecule has 2 amide bonds. The predicted molar refractivity (Wildman–Crippen MR) is 109 cm³/mol. The van der Waals surface area contributed by atoms with Gasteiger partial charge < -0.3 is 14.8 Å². The second kappa shape index (κ2) is 8.56. The number of nitrogens with zero attached hydrogens (tertiary/aromatic N) is 1. The molecule has 1 aliphatic heterocycles. The zero-order valence-electron chi connectivity index (χ0n) is 16.4. The molecule has 0 aromatic heterocycles. The van der Waals surface area contributed by atoms with Crippen LogP contribution in [0.1, 0.15) is 5.56 Å². The maximum absolute atomic E-state index is 12.6. The summed E-state index contributed by atoms with van der Waals surface area (Å²) in [6, 6.07) is 11.0. The molecule has 0 unspecified atom stereocenters. The molecule has 9 nitrogen and oxygen atoms in total. The van der Waals surface area contributed by atoms with Crippen molar-refractivity contribution in [2.45, 2.75) is 11.3 Å². The van der Waals surface area contributed by atoms with Crippen LogP contribution in [-0.2, 0) is 26.0 Å².